The zero-order valence-electron chi connectivity index (χ0n) is 17.8. The number of aromatic hydroxyl groups is 1. The second-order valence-electron chi connectivity index (χ2n) is 7.22. The van der Waals surface area contributed by atoms with Crippen molar-refractivity contribution in [2.75, 3.05) is 6.54 Å². The monoisotopic (exact) mass is 432 g/mol. The molecule has 0 aromatic carbocycles. The lowest BCUT2D eigenvalue weighted by atomic mass is 10.1. The third-order valence-corrected chi connectivity index (χ3v) is 4.89. The molecule has 2 heterocycles. The molecule has 0 radical (unpaired) electrons. The van der Waals surface area contributed by atoms with E-state index in [0.29, 0.717) is 12.8 Å². The number of amides is 4. The number of hydrogen-bond acceptors (Lipinski definition) is 6. The van der Waals surface area contributed by atoms with Gasteiger partial charge in [0.2, 0.25) is 5.88 Å². The molecule has 1 aromatic rings. The lowest BCUT2D eigenvalue weighted by Gasteiger charge is -2.26. The van der Waals surface area contributed by atoms with Gasteiger partial charge in [0.1, 0.15) is 11.1 Å². The van der Waals surface area contributed by atoms with E-state index >= 15 is 0 Å². The number of carbonyl (C=O) groups is 3. The summed E-state index contributed by atoms with van der Waals surface area (Å²) in [6.07, 6.45) is 8.41. The minimum absolute atomic E-state index is 0.174. The molecule has 1 aliphatic heterocycles. The van der Waals surface area contributed by atoms with E-state index in [4.69, 9.17) is 0 Å². The Morgan fingerprint density at radius 1 is 0.935 bits per heavy atom. The first-order valence-corrected chi connectivity index (χ1v) is 10.4. The highest BCUT2D eigenvalue weighted by Gasteiger charge is 2.34. The molecule has 168 valence electrons. The molecule has 1 aromatic heterocycles. The maximum absolute atomic E-state index is 12.5. The molecule has 31 heavy (non-hydrogen) atoms. The fourth-order valence-corrected chi connectivity index (χ4v) is 3.13. The van der Waals surface area contributed by atoms with E-state index in [2.05, 4.69) is 10.3 Å². The number of carbonyl (C=O) groups excluding carboxylic acids is 3. The van der Waals surface area contributed by atoms with Gasteiger partial charge in [-0.15, -0.1) is 0 Å². The van der Waals surface area contributed by atoms with Gasteiger partial charge in [-0.25, -0.2) is 9.59 Å². The minimum Gasteiger partial charge on any atom is -0.494 e. The molecule has 0 atom stereocenters. The van der Waals surface area contributed by atoms with Crippen molar-refractivity contribution in [1.82, 2.24) is 19.8 Å². The third kappa shape index (κ3) is 5.80. The van der Waals surface area contributed by atoms with Crippen molar-refractivity contribution in [3.63, 3.8) is 0 Å². The van der Waals surface area contributed by atoms with Crippen LogP contribution in [-0.2, 0) is 16.1 Å². The maximum atomic E-state index is 12.5. The fourth-order valence-electron chi connectivity index (χ4n) is 3.13. The van der Waals surface area contributed by atoms with Gasteiger partial charge in [-0.1, -0.05) is 45.6 Å². The van der Waals surface area contributed by atoms with Crippen molar-refractivity contribution in [2.45, 2.75) is 58.9 Å². The Morgan fingerprint density at radius 2 is 1.58 bits per heavy atom. The first kappa shape index (κ1) is 23.8. The molecule has 4 amide bonds. The number of hydrogen-bond donors (Lipinski definition) is 3. The van der Waals surface area contributed by atoms with Crippen molar-refractivity contribution in [1.29, 1.82) is 0 Å². The SMILES string of the molecule is CCCCCN1C(=O)NC(=O)/C(=C\C=C\c2c(O)n(CCCCC)c(=O)[nH]c2=O)C1=O. The van der Waals surface area contributed by atoms with Crippen LogP contribution in [-0.4, -0.2) is 43.9 Å². The number of rotatable bonds is 10. The van der Waals surface area contributed by atoms with E-state index in [-0.39, 0.29) is 24.2 Å². The van der Waals surface area contributed by atoms with Crippen LogP contribution in [0, 0.1) is 0 Å². The number of urea groups is 1. The summed E-state index contributed by atoms with van der Waals surface area (Å²) >= 11 is 0. The van der Waals surface area contributed by atoms with E-state index in [9.17, 15) is 29.1 Å². The average Bonchev–Trinajstić information content (AvgIpc) is 2.71. The first-order valence-electron chi connectivity index (χ1n) is 10.4. The largest absolute Gasteiger partial charge is 0.494 e. The van der Waals surface area contributed by atoms with Gasteiger partial charge >= 0.3 is 11.7 Å². The average molecular weight is 432 g/mol. The molecule has 0 spiro atoms. The van der Waals surface area contributed by atoms with Crippen molar-refractivity contribution in [3.8, 4) is 5.88 Å². The summed E-state index contributed by atoms with van der Waals surface area (Å²) < 4.78 is 1.07. The van der Waals surface area contributed by atoms with Crippen LogP contribution < -0.4 is 16.6 Å². The maximum Gasteiger partial charge on any atom is 0.331 e. The second-order valence-corrected chi connectivity index (χ2v) is 7.22. The van der Waals surface area contributed by atoms with Crippen molar-refractivity contribution in [3.05, 3.63) is 44.1 Å². The number of aromatic amines is 1. The number of H-pyrrole nitrogens is 1. The van der Waals surface area contributed by atoms with Crippen LogP contribution in [0.3, 0.4) is 0 Å². The van der Waals surface area contributed by atoms with Gasteiger partial charge < -0.3 is 5.11 Å². The van der Waals surface area contributed by atoms with Gasteiger partial charge in [-0.05, 0) is 25.0 Å². The summed E-state index contributed by atoms with van der Waals surface area (Å²) in [6, 6.07) is -0.763. The van der Waals surface area contributed by atoms with Crippen LogP contribution in [0.25, 0.3) is 6.08 Å². The normalized spacial score (nSPS) is 15.9. The number of allylic oxidation sites excluding steroid dienone is 2. The molecule has 10 nitrogen and oxygen atoms in total. The summed E-state index contributed by atoms with van der Waals surface area (Å²) in [7, 11) is 0. The predicted octanol–water partition coefficient (Wildman–Crippen LogP) is 1.64. The van der Waals surface area contributed by atoms with E-state index < -0.39 is 35.0 Å². The van der Waals surface area contributed by atoms with E-state index in [1.165, 1.54) is 18.2 Å². The molecular weight excluding hydrogens is 404 g/mol. The Labute approximate surface area is 179 Å². The molecule has 1 aliphatic rings. The summed E-state index contributed by atoms with van der Waals surface area (Å²) in [6.45, 7) is 4.42. The van der Waals surface area contributed by atoms with Gasteiger partial charge in [0.05, 0.1) is 0 Å². The smallest absolute Gasteiger partial charge is 0.331 e. The minimum atomic E-state index is -0.839. The van der Waals surface area contributed by atoms with Gasteiger partial charge in [0.15, 0.2) is 0 Å². The van der Waals surface area contributed by atoms with Crippen molar-refractivity contribution < 1.29 is 19.5 Å². The van der Waals surface area contributed by atoms with Crippen LogP contribution in [0.1, 0.15) is 57.9 Å². The molecule has 0 saturated carbocycles. The van der Waals surface area contributed by atoms with Crippen LogP contribution in [0.15, 0.2) is 27.3 Å². The molecule has 1 fully saturated rings. The van der Waals surface area contributed by atoms with Crippen molar-refractivity contribution >= 4 is 23.9 Å². The summed E-state index contributed by atoms with van der Waals surface area (Å²) in [5.41, 5.74) is -1.94. The lowest BCUT2D eigenvalue weighted by Crippen LogP contribution is -2.54. The van der Waals surface area contributed by atoms with E-state index in [0.717, 1.165) is 35.2 Å². The quantitative estimate of drug-likeness (QED) is 0.291. The van der Waals surface area contributed by atoms with Gasteiger partial charge in [0, 0.05) is 13.1 Å². The first-order chi connectivity index (χ1) is 14.8. The number of barbiturate groups is 1. The van der Waals surface area contributed by atoms with Crippen LogP contribution in [0.5, 0.6) is 5.88 Å². The molecule has 0 bridgehead atoms. The standard InChI is InChI=1S/C21H28N4O6/c1-3-5-7-12-24-18(28)14(16(26)22-20(24)30)10-9-11-15-17(27)23-21(31)25(19(15)29)13-8-6-4-2/h9-11,28H,3-8,12-13H2,1-2H3,(H,22,26,30)(H,23,27,31)/b10-9+,15-11+. The Morgan fingerprint density at radius 3 is 2.23 bits per heavy atom. The van der Waals surface area contributed by atoms with Crippen LogP contribution in [0.4, 0.5) is 4.79 Å². The molecule has 0 unspecified atom stereocenters. The van der Waals surface area contributed by atoms with Crippen LogP contribution in [0.2, 0.25) is 0 Å². The lowest BCUT2D eigenvalue weighted by molar-refractivity contribution is -0.130. The molecule has 10 heteroatoms. The number of nitrogens with one attached hydrogen (secondary N) is 2. The highest BCUT2D eigenvalue weighted by atomic mass is 16.3. The molecule has 2 rings (SSSR count). The number of imide groups is 2. The second kappa shape index (κ2) is 11.1. The fraction of sp³-hybridized carbons (Fsp3) is 0.476. The number of nitrogens with zero attached hydrogens (tertiary/aromatic N) is 2. The van der Waals surface area contributed by atoms with Gasteiger partial charge in [0.25, 0.3) is 17.4 Å². The highest BCUT2D eigenvalue weighted by Crippen LogP contribution is 2.15. The molecule has 0 aliphatic carbocycles. The molecule has 3 N–H and O–H groups in total. The summed E-state index contributed by atoms with van der Waals surface area (Å²) in [4.78, 5) is 63.7. The number of unbranched alkanes of at least 4 members (excludes halogenated alkanes) is 4. The molecule has 1 saturated heterocycles. The van der Waals surface area contributed by atoms with Crippen molar-refractivity contribution in [2.24, 2.45) is 0 Å². The molecular formula is C21H28N4O6. The highest BCUT2D eigenvalue weighted by molar-refractivity contribution is 6.28. The van der Waals surface area contributed by atoms with E-state index in [1.807, 2.05) is 13.8 Å². The Balaban J connectivity index is 2.28. The summed E-state index contributed by atoms with van der Waals surface area (Å²) in [5, 5.41) is 12.5. The zero-order chi connectivity index (χ0) is 23.0. The summed E-state index contributed by atoms with van der Waals surface area (Å²) in [5.74, 6) is -2.05. The Kier molecular flexibility index (Phi) is 8.53. The van der Waals surface area contributed by atoms with Gasteiger partial charge in [-0.3, -0.25) is 34.2 Å². The zero-order valence-corrected chi connectivity index (χ0v) is 17.8. The Bertz CT molecular complexity index is 1020. The third-order valence-electron chi connectivity index (χ3n) is 4.89. The van der Waals surface area contributed by atoms with E-state index in [1.54, 1.807) is 0 Å². The topological polar surface area (TPSA) is 142 Å². The van der Waals surface area contributed by atoms with Crippen LogP contribution >= 0.6 is 0 Å². The Hall–Kier alpha value is -3.43. The number of aromatic nitrogens is 2. The van der Waals surface area contributed by atoms with Gasteiger partial charge in [-0.2, -0.15) is 0 Å². The predicted molar refractivity (Wildman–Crippen MR) is 114 cm³/mol.